The first kappa shape index (κ1) is 22.6. The van der Waals surface area contributed by atoms with Gasteiger partial charge >= 0.3 is 0 Å². The minimum absolute atomic E-state index is 0.0516. The highest BCUT2D eigenvalue weighted by Crippen LogP contribution is 2.30. The van der Waals surface area contributed by atoms with E-state index >= 15 is 0 Å². The van der Waals surface area contributed by atoms with E-state index in [0.717, 1.165) is 16.9 Å². The van der Waals surface area contributed by atoms with E-state index in [9.17, 15) is 4.79 Å². The van der Waals surface area contributed by atoms with E-state index in [-0.39, 0.29) is 11.2 Å². The molecule has 8 heteroatoms. The Hall–Kier alpha value is -3.13. The average molecular weight is 443 g/mol. The zero-order valence-corrected chi connectivity index (χ0v) is 18.8. The number of hydrogen-bond acceptors (Lipinski definition) is 7. The summed E-state index contributed by atoms with van der Waals surface area (Å²) in [6.07, 6.45) is 0. The second-order valence-corrected chi connectivity index (χ2v) is 8.07. The Bertz CT molecular complexity index is 1020. The number of amides is 1. The maximum atomic E-state index is 12.5. The van der Waals surface area contributed by atoms with Gasteiger partial charge in [-0.3, -0.25) is 4.79 Å². The molecule has 0 saturated heterocycles. The van der Waals surface area contributed by atoms with Gasteiger partial charge < -0.3 is 24.1 Å². The molecule has 1 N–H and O–H groups in total. The van der Waals surface area contributed by atoms with Crippen molar-refractivity contribution < 1.29 is 23.5 Å². The third-order valence-electron chi connectivity index (χ3n) is 4.70. The first-order chi connectivity index (χ1) is 15.0. The largest absolute Gasteiger partial charge is 0.496 e. The van der Waals surface area contributed by atoms with Crippen molar-refractivity contribution in [1.82, 2.24) is 10.5 Å². The number of aromatic nitrogens is 1. The van der Waals surface area contributed by atoms with E-state index in [1.807, 2.05) is 55.5 Å². The highest BCUT2D eigenvalue weighted by atomic mass is 32.2. The molecule has 2 aromatic carbocycles. The number of ether oxygens (including phenoxy) is 3. The smallest absolute Gasteiger partial charge is 0.233 e. The summed E-state index contributed by atoms with van der Waals surface area (Å²) in [7, 11) is 4.80. The zero-order chi connectivity index (χ0) is 22.2. The number of benzene rings is 2. The topological polar surface area (TPSA) is 82.8 Å². The fraction of sp³-hybridized carbons (Fsp3) is 0.304. The Morgan fingerprint density at radius 2 is 1.77 bits per heavy atom. The fourth-order valence-electron chi connectivity index (χ4n) is 2.97. The Morgan fingerprint density at radius 1 is 1.03 bits per heavy atom. The number of nitrogens with zero attached hydrogens (tertiary/aromatic N) is 1. The molecule has 0 radical (unpaired) electrons. The molecule has 0 aliphatic carbocycles. The molecular weight excluding hydrogens is 416 g/mol. The third kappa shape index (κ3) is 5.73. The Labute approximate surface area is 186 Å². The Kier molecular flexibility index (Phi) is 7.83. The number of thioether (sulfide) groups is 1. The van der Waals surface area contributed by atoms with Crippen LogP contribution in [0.2, 0.25) is 0 Å². The van der Waals surface area contributed by atoms with E-state index < -0.39 is 0 Å². The van der Waals surface area contributed by atoms with Crippen LogP contribution in [0.1, 0.15) is 18.2 Å². The predicted octanol–water partition coefficient (Wildman–Crippen LogP) is 4.31. The molecule has 1 aromatic heterocycles. The van der Waals surface area contributed by atoms with Crippen molar-refractivity contribution in [2.75, 3.05) is 21.3 Å². The molecule has 0 saturated carbocycles. The molecule has 0 aliphatic heterocycles. The SMILES string of the molecule is COc1ccc(CNC(=O)C(C)SCc2cc(-c3ccccc3OC)no2)cc1OC. The van der Waals surface area contributed by atoms with Crippen LogP contribution >= 0.6 is 11.8 Å². The molecule has 0 aliphatic rings. The van der Waals surface area contributed by atoms with Crippen LogP contribution in [0, 0.1) is 0 Å². The second kappa shape index (κ2) is 10.8. The number of rotatable bonds is 10. The fourth-order valence-corrected chi connectivity index (χ4v) is 3.76. The lowest BCUT2D eigenvalue weighted by Gasteiger charge is -2.13. The summed E-state index contributed by atoms with van der Waals surface area (Å²) < 4.78 is 21.4. The van der Waals surface area contributed by atoms with Gasteiger partial charge in [0.2, 0.25) is 5.91 Å². The van der Waals surface area contributed by atoms with Crippen LogP contribution in [0.4, 0.5) is 0 Å². The molecule has 1 amide bonds. The molecule has 31 heavy (non-hydrogen) atoms. The van der Waals surface area contributed by atoms with Gasteiger partial charge in [0, 0.05) is 18.2 Å². The van der Waals surface area contributed by atoms with Gasteiger partial charge in [-0.25, -0.2) is 0 Å². The third-order valence-corrected chi connectivity index (χ3v) is 5.87. The van der Waals surface area contributed by atoms with Gasteiger partial charge in [-0.2, -0.15) is 0 Å². The Balaban J connectivity index is 1.52. The lowest BCUT2D eigenvalue weighted by Crippen LogP contribution is -2.30. The summed E-state index contributed by atoms with van der Waals surface area (Å²) in [5.74, 6) is 3.20. The van der Waals surface area contributed by atoms with Crippen LogP contribution in [0.25, 0.3) is 11.3 Å². The van der Waals surface area contributed by atoms with Crippen molar-refractivity contribution in [3.63, 3.8) is 0 Å². The van der Waals surface area contributed by atoms with Gasteiger partial charge in [0.1, 0.15) is 17.2 Å². The number of para-hydroxylation sites is 1. The van der Waals surface area contributed by atoms with Gasteiger partial charge in [0.05, 0.1) is 32.3 Å². The monoisotopic (exact) mass is 442 g/mol. The van der Waals surface area contributed by atoms with Crippen LogP contribution in [0.3, 0.4) is 0 Å². The van der Waals surface area contributed by atoms with E-state index in [1.165, 1.54) is 11.8 Å². The van der Waals surface area contributed by atoms with Gasteiger partial charge in [0.25, 0.3) is 0 Å². The van der Waals surface area contributed by atoms with Crippen molar-refractivity contribution in [1.29, 1.82) is 0 Å². The van der Waals surface area contributed by atoms with Crippen LogP contribution in [0.5, 0.6) is 17.2 Å². The molecule has 3 rings (SSSR count). The number of nitrogens with one attached hydrogen (secondary N) is 1. The number of carbonyl (C=O) groups excluding carboxylic acids is 1. The van der Waals surface area contributed by atoms with Crippen LogP contribution in [-0.4, -0.2) is 37.6 Å². The van der Waals surface area contributed by atoms with Gasteiger partial charge in [0.15, 0.2) is 11.5 Å². The van der Waals surface area contributed by atoms with Crippen LogP contribution in [-0.2, 0) is 17.1 Å². The van der Waals surface area contributed by atoms with Crippen molar-refractivity contribution in [3.8, 4) is 28.5 Å². The first-order valence-electron chi connectivity index (χ1n) is 9.75. The summed E-state index contributed by atoms with van der Waals surface area (Å²) in [6, 6.07) is 15.1. The number of hydrogen-bond donors (Lipinski definition) is 1. The molecule has 3 aromatic rings. The minimum Gasteiger partial charge on any atom is -0.496 e. The van der Waals surface area contributed by atoms with E-state index in [2.05, 4.69) is 10.5 Å². The van der Waals surface area contributed by atoms with Crippen molar-refractivity contribution in [2.45, 2.75) is 24.5 Å². The van der Waals surface area contributed by atoms with Crippen LogP contribution < -0.4 is 19.5 Å². The average Bonchev–Trinajstić information content (AvgIpc) is 3.29. The minimum atomic E-state index is -0.250. The predicted molar refractivity (Wildman–Crippen MR) is 121 cm³/mol. The maximum Gasteiger partial charge on any atom is 0.233 e. The summed E-state index contributed by atoms with van der Waals surface area (Å²) >= 11 is 1.48. The highest BCUT2D eigenvalue weighted by Gasteiger charge is 2.16. The first-order valence-corrected chi connectivity index (χ1v) is 10.8. The van der Waals surface area contributed by atoms with Crippen molar-refractivity contribution in [3.05, 3.63) is 59.9 Å². The highest BCUT2D eigenvalue weighted by molar-refractivity contribution is 7.99. The zero-order valence-electron chi connectivity index (χ0n) is 18.0. The second-order valence-electron chi connectivity index (χ2n) is 6.74. The molecule has 0 spiro atoms. The molecule has 0 bridgehead atoms. The molecule has 164 valence electrons. The molecule has 1 heterocycles. The van der Waals surface area contributed by atoms with Gasteiger partial charge in [-0.1, -0.05) is 23.4 Å². The molecule has 7 nitrogen and oxygen atoms in total. The number of carbonyl (C=O) groups is 1. The molecule has 0 fully saturated rings. The lowest BCUT2D eigenvalue weighted by atomic mass is 10.1. The summed E-state index contributed by atoms with van der Waals surface area (Å²) in [4.78, 5) is 12.5. The summed E-state index contributed by atoms with van der Waals surface area (Å²) in [6.45, 7) is 2.27. The summed E-state index contributed by atoms with van der Waals surface area (Å²) in [5, 5.41) is 6.83. The quantitative estimate of drug-likeness (QED) is 0.501. The van der Waals surface area contributed by atoms with Gasteiger partial charge in [-0.15, -0.1) is 11.8 Å². The number of methoxy groups -OCH3 is 3. The maximum absolute atomic E-state index is 12.5. The lowest BCUT2D eigenvalue weighted by molar-refractivity contribution is -0.120. The van der Waals surface area contributed by atoms with Gasteiger partial charge in [-0.05, 0) is 36.8 Å². The Morgan fingerprint density at radius 3 is 2.52 bits per heavy atom. The van der Waals surface area contributed by atoms with Crippen molar-refractivity contribution in [2.24, 2.45) is 0 Å². The molecular formula is C23H26N2O5S. The molecule has 1 unspecified atom stereocenters. The van der Waals surface area contributed by atoms with E-state index in [0.29, 0.717) is 35.3 Å². The van der Waals surface area contributed by atoms with E-state index in [1.54, 1.807) is 21.3 Å². The van der Waals surface area contributed by atoms with Crippen molar-refractivity contribution >= 4 is 17.7 Å². The van der Waals surface area contributed by atoms with E-state index in [4.69, 9.17) is 18.7 Å². The van der Waals surface area contributed by atoms with Crippen LogP contribution in [0.15, 0.2) is 53.1 Å². The summed E-state index contributed by atoms with van der Waals surface area (Å²) in [5.41, 5.74) is 2.50. The molecule has 1 atom stereocenters. The standard InChI is InChI=1S/C23H26N2O5S/c1-15(23(26)24-13-16-9-10-21(28-3)22(11-16)29-4)31-14-17-12-19(25-30-17)18-7-5-6-8-20(18)27-2/h5-12,15H,13-14H2,1-4H3,(H,24,26). The normalized spacial score (nSPS) is 11.6.